The Kier molecular flexibility index (Phi) is 16.0. The average Bonchev–Trinajstić information content (AvgIpc) is 2.98. The molecule has 3 rings (SSSR count). The molecule has 0 atom stereocenters. The van der Waals surface area contributed by atoms with E-state index < -0.39 is 0 Å². The van der Waals surface area contributed by atoms with Gasteiger partial charge in [-0.3, -0.25) is 9.79 Å². The van der Waals surface area contributed by atoms with Crippen molar-refractivity contribution in [1.29, 1.82) is 0 Å². The first-order valence-electron chi connectivity index (χ1n) is 13.9. The molecule has 3 aromatic carbocycles. The van der Waals surface area contributed by atoms with Crippen molar-refractivity contribution in [2.45, 2.75) is 46.0 Å². The summed E-state index contributed by atoms with van der Waals surface area (Å²) in [7, 11) is 0. The second kappa shape index (κ2) is 20.2. The largest absolute Gasteiger partial charge is 0.508 e. The Hall–Kier alpha value is -4.77. The topological polar surface area (TPSA) is 110 Å². The zero-order chi connectivity index (χ0) is 29.5. The number of anilines is 2. The number of unbranched alkanes of at least 4 members (excludes halogenated alkanes) is 4. The van der Waals surface area contributed by atoms with E-state index in [0.717, 1.165) is 55.9 Å². The molecule has 0 saturated heterocycles. The number of phenolic OH excluding ortho intramolecular Hbond substituents is 1. The molecule has 0 spiro atoms. The zero-order valence-electron chi connectivity index (χ0n) is 24.1. The van der Waals surface area contributed by atoms with E-state index in [2.05, 4.69) is 43.6 Å². The number of hydrogen-bond acceptors (Lipinski definition) is 5. The number of aliphatic imine (C=N–C) groups is 2. The van der Waals surface area contributed by atoms with E-state index in [1.54, 1.807) is 31.2 Å². The van der Waals surface area contributed by atoms with Gasteiger partial charge in [0.1, 0.15) is 12.4 Å². The summed E-state index contributed by atoms with van der Waals surface area (Å²) in [5, 5.41) is 22.3. The van der Waals surface area contributed by atoms with E-state index in [1.807, 2.05) is 67.6 Å². The number of nitrogens with zero attached hydrogens (tertiary/aromatic N) is 2. The quantitative estimate of drug-likeness (QED) is 0.0563. The van der Waals surface area contributed by atoms with Gasteiger partial charge in [-0.25, -0.2) is 4.99 Å². The van der Waals surface area contributed by atoms with Crippen LogP contribution in [-0.4, -0.2) is 42.6 Å². The van der Waals surface area contributed by atoms with Crippen molar-refractivity contribution in [3.05, 3.63) is 90.5 Å². The van der Waals surface area contributed by atoms with Gasteiger partial charge in [-0.05, 0) is 75.2 Å². The molecule has 8 heteroatoms. The number of amidine groups is 1. The van der Waals surface area contributed by atoms with E-state index in [1.165, 1.54) is 0 Å². The highest BCUT2D eigenvalue weighted by Crippen LogP contribution is 2.13. The number of amides is 1. The number of guanidine groups is 1. The summed E-state index contributed by atoms with van der Waals surface area (Å²) in [6, 6.07) is 26.0. The number of benzene rings is 3. The third-order valence-electron chi connectivity index (χ3n) is 5.73. The van der Waals surface area contributed by atoms with E-state index >= 15 is 0 Å². The molecule has 0 aromatic heterocycles. The van der Waals surface area contributed by atoms with Crippen molar-refractivity contribution in [2.75, 3.05) is 30.4 Å². The molecule has 0 radical (unpaired) electrons. The first-order chi connectivity index (χ1) is 20.0. The maximum absolute atomic E-state index is 12.0. The highest BCUT2D eigenvalue weighted by atomic mass is 16.3. The highest BCUT2D eigenvalue weighted by Gasteiger charge is 2.04. The molecular weight excluding hydrogens is 512 g/mol. The molecule has 0 aliphatic rings. The Morgan fingerprint density at radius 2 is 1.44 bits per heavy atom. The molecule has 0 unspecified atom stereocenters. The van der Waals surface area contributed by atoms with Crippen molar-refractivity contribution in [2.24, 2.45) is 9.98 Å². The molecule has 1 amide bonds. The standard InChI is InChI=1S/C30H38N6O2.C3H4/c1-24(31-21-11-3-2-4-12-22-32-29(38)25-13-7-5-8-14-25)35-30(36-27-17-19-28(37)20-18-27)34-23-33-26-15-9-6-10-16-26;1-3-2/h5-10,13-20,33,37H,2-4,11-12,21-23H2,1H3,(H,32,38)(H2,31,34,35,36);1H,2H3. The lowest BCUT2D eigenvalue weighted by molar-refractivity contribution is 0.0953. The number of hydrogen-bond donors (Lipinski definition) is 5. The van der Waals surface area contributed by atoms with E-state index in [-0.39, 0.29) is 11.7 Å². The Bertz CT molecular complexity index is 1240. The first kappa shape index (κ1) is 32.4. The fourth-order valence-corrected chi connectivity index (χ4v) is 3.68. The van der Waals surface area contributed by atoms with Crippen LogP contribution in [0.4, 0.5) is 11.4 Å². The maximum atomic E-state index is 12.0. The average molecular weight is 555 g/mol. The minimum Gasteiger partial charge on any atom is -0.508 e. The van der Waals surface area contributed by atoms with Gasteiger partial charge in [-0.15, -0.1) is 12.3 Å². The van der Waals surface area contributed by atoms with Crippen LogP contribution in [0, 0.1) is 12.3 Å². The van der Waals surface area contributed by atoms with Gasteiger partial charge in [0.25, 0.3) is 5.91 Å². The summed E-state index contributed by atoms with van der Waals surface area (Å²) >= 11 is 0. The summed E-state index contributed by atoms with van der Waals surface area (Å²) in [5.74, 6) is 3.79. The third kappa shape index (κ3) is 14.8. The maximum Gasteiger partial charge on any atom is 0.251 e. The number of rotatable bonds is 13. The molecule has 0 aliphatic heterocycles. The monoisotopic (exact) mass is 554 g/mol. The van der Waals surface area contributed by atoms with Crippen LogP contribution >= 0.6 is 0 Å². The van der Waals surface area contributed by atoms with Gasteiger partial charge in [-0.1, -0.05) is 55.7 Å². The van der Waals surface area contributed by atoms with Crippen LogP contribution in [0.3, 0.4) is 0 Å². The van der Waals surface area contributed by atoms with Crippen molar-refractivity contribution >= 4 is 29.1 Å². The van der Waals surface area contributed by atoms with Crippen molar-refractivity contribution in [3.8, 4) is 18.1 Å². The third-order valence-corrected chi connectivity index (χ3v) is 5.73. The molecule has 3 aromatic rings. The van der Waals surface area contributed by atoms with E-state index in [0.29, 0.717) is 24.7 Å². The molecule has 0 saturated carbocycles. The molecule has 8 nitrogen and oxygen atoms in total. The summed E-state index contributed by atoms with van der Waals surface area (Å²) in [5.41, 5.74) is 2.50. The number of phenols is 1. The van der Waals surface area contributed by atoms with Gasteiger partial charge in [0.05, 0.1) is 5.84 Å². The Balaban J connectivity index is 0.00000187. The molecule has 216 valence electrons. The summed E-state index contributed by atoms with van der Waals surface area (Å²) in [6.45, 7) is 5.40. The van der Waals surface area contributed by atoms with E-state index in [4.69, 9.17) is 0 Å². The summed E-state index contributed by atoms with van der Waals surface area (Å²) in [4.78, 5) is 21.3. The van der Waals surface area contributed by atoms with Crippen molar-refractivity contribution in [3.63, 3.8) is 0 Å². The van der Waals surface area contributed by atoms with Crippen LogP contribution < -0.4 is 21.3 Å². The molecule has 41 heavy (non-hydrogen) atoms. The Morgan fingerprint density at radius 3 is 2.12 bits per heavy atom. The predicted molar refractivity (Wildman–Crippen MR) is 172 cm³/mol. The van der Waals surface area contributed by atoms with Crippen LogP contribution in [0.2, 0.25) is 0 Å². The minimum atomic E-state index is -0.0124. The Morgan fingerprint density at radius 1 is 0.829 bits per heavy atom. The summed E-state index contributed by atoms with van der Waals surface area (Å²) < 4.78 is 0. The molecule has 0 fully saturated rings. The van der Waals surface area contributed by atoms with Crippen molar-refractivity contribution < 1.29 is 9.90 Å². The zero-order valence-corrected chi connectivity index (χ0v) is 24.1. The smallest absolute Gasteiger partial charge is 0.251 e. The number of nitrogens with one attached hydrogen (secondary N) is 4. The molecule has 0 aliphatic carbocycles. The predicted octanol–water partition coefficient (Wildman–Crippen LogP) is 6.26. The van der Waals surface area contributed by atoms with Crippen LogP contribution in [0.1, 0.15) is 56.3 Å². The Labute approximate surface area is 244 Å². The van der Waals surface area contributed by atoms with Gasteiger partial charge < -0.3 is 26.4 Å². The van der Waals surface area contributed by atoms with Crippen LogP contribution in [-0.2, 0) is 0 Å². The van der Waals surface area contributed by atoms with Gasteiger partial charge in [-0.2, -0.15) is 0 Å². The van der Waals surface area contributed by atoms with Gasteiger partial charge in [0.2, 0.25) is 5.96 Å². The fourth-order valence-electron chi connectivity index (χ4n) is 3.68. The highest BCUT2D eigenvalue weighted by molar-refractivity contribution is 6.05. The first-order valence-corrected chi connectivity index (χ1v) is 13.9. The fraction of sp³-hybridized carbons (Fsp3) is 0.303. The van der Waals surface area contributed by atoms with Gasteiger partial charge in [0, 0.05) is 30.0 Å². The lowest BCUT2D eigenvalue weighted by atomic mass is 10.1. The SMILES string of the molecule is C#CC.CC(=NCCCCCCCNC(=O)c1ccccc1)N/C(=N\CNc1ccccc1)Nc1ccc(O)cc1. The number of aromatic hydroxyl groups is 1. The number of carbonyl (C=O) groups excluding carboxylic acids is 1. The second-order valence-corrected chi connectivity index (χ2v) is 9.15. The minimum absolute atomic E-state index is 0.0124. The van der Waals surface area contributed by atoms with Crippen LogP contribution in [0.25, 0.3) is 0 Å². The molecule has 5 N–H and O–H groups in total. The molecule has 0 heterocycles. The molecular formula is C33H42N6O2. The lowest BCUT2D eigenvalue weighted by Gasteiger charge is -2.13. The molecule has 0 bridgehead atoms. The van der Waals surface area contributed by atoms with Crippen LogP contribution in [0.15, 0.2) is 94.9 Å². The van der Waals surface area contributed by atoms with Crippen molar-refractivity contribution in [1.82, 2.24) is 10.6 Å². The number of terminal acetylenes is 1. The summed E-state index contributed by atoms with van der Waals surface area (Å²) in [6.07, 6.45) is 9.86. The van der Waals surface area contributed by atoms with Gasteiger partial charge >= 0.3 is 0 Å². The number of para-hydroxylation sites is 1. The number of carbonyl (C=O) groups is 1. The van der Waals surface area contributed by atoms with E-state index in [9.17, 15) is 9.90 Å². The van der Waals surface area contributed by atoms with Crippen LogP contribution in [0.5, 0.6) is 5.75 Å². The lowest BCUT2D eigenvalue weighted by Crippen LogP contribution is -2.35. The second-order valence-electron chi connectivity index (χ2n) is 9.15. The normalized spacial score (nSPS) is 11.0. The van der Waals surface area contributed by atoms with Gasteiger partial charge in [0.15, 0.2) is 0 Å².